The summed E-state index contributed by atoms with van der Waals surface area (Å²) in [5.74, 6) is -0.350. The van der Waals surface area contributed by atoms with Crippen molar-refractivity contribution in [2.24, 2.45) is 0 Å². The number of rotatable bonds is 6. The van der Waals surface area contributed by atoms with Crippen LogP contribution in [0, 0.1) is 0 Å². The fraction of sp³-hybridized carbons (Fsp3) is 0. The first-order valence-corrected chi connectivity index (χ1v) is 12.6. The fourth-order valence-corrected chi connectivity index (χ4v) is 5.55. The molecule has 0 aliphatic rings. The number of anilines is 2. The van der Waals surface area contributed by atoms with Gasteiger partial charge in [0.2, 0.25) is 0 Å². The average molecular weight is 510 g/mol. The number of sulfonamides is 1. The van der Waals surface area contributed by atoms with Crippen LogP contribution in [0.25, 0.3) is 10.6 Å². The fourth-order valence-electron chi connectivity index (χ4n) is 2.58. The van der Waals surface area contributed by atoms with Gasteiger partial charge in [0, 0.05) is 21.7 Å². The van der Waals surface area contributed by atoms with E-state index >= 15 is 0 Å². The number of nitrogens with one attached hydrogen (secondary N) is 2. The molecule has 0 aliphatic carbocycles. The summed E-state index contributed by atoms with van der Waals surface area (Å²) in [5.41, 5.74) is 1.44. The maximum absolute atomic E-state index is 12.5. The molecule has 2 N–H and O–H groups in total. The number of nitrogens with zero attached hydrogens (tertiary/aromatic N) is 1. The molecule has 0 saturated carbocycles. The third-order valence-electron chi connectivity index (χ3n) is 4.07. The summed E-state index contributed by atoms with van der Waals surface area (Å²) in [7, 11) is -3.76. The highest BCUT2D eigenvalue weighted by molar-refractivity contribution is 7.92. The van der Waals surface area contributed by atoms with Crippen molar-refractivity contribution in [3.8, 4) is 10.6 Å². The topological polar surface area (TPSA) is 88.2 Å². The molecule has 1 amide bonds. The standard InChI is InChI=1S/C20H13Cl2N3O3S3/c21-13-3-7-15(8-4-13)31(27,28)25-14-5-1-12(2-6-14)19(26)24-20-23-16(11-29-20)17-9-10-18(22)30-17/h1-11,25H,(H,23,24,26). The molecule has 11 heteroatoms. The van der Waals surface area contributed by atoms with E-state index in [-0.39, 0.29) is 10.8 Å². The molecule has 2 aromatic heterocycles. The molecule has 2 aromatic carbocycles. The predicted molar refractivity (Wildman–Crippen MR) is 127 cm³/mol. The van der Waals surface area contributed by atoms with Crippen LogP contribution in [0.5, 0.6) is 0 Å². The molecule has 2 heterocycles. The molecular weight excluding hydrogens is 497 g/mol. The lowest BCUT2D eigenvalue weighted by molar-refractivity contribution is 0.102. The Morgan fingerprint density at radius 3 is 2.29 bits per heavy atom. The third kappa shape index (κ3) is 5.25. The summed E-state index contributed by atoms with van der Waals surface area (Å²) < 4.78 is 28.0. The molecule has 4 rings (SSSR count). The van der Waals surface area contributed by atoms with Gasteiger partial charge in [-0.1, -0.05) is 23.2 Å². The first-order valence-electron chi connectivity index (χ1n) is 8.71. The zero-order chi connectivity index (χ0) is 22.0. The minimum atomic E-state index is -3.76. The Hall–Kier alpha value is -2.43. The molecule has 4 aromatic rings. The lowest BCUT2D eigenvalue weighted by Crippen LogP contribution is -2.14. The van der Waals surface area contributed by atoms with E-state index in [2.05, 4.69) is 15.0 Å². The first kappa shape index (κ1) is 21.8. The number of hydrogen-bond acceptors (Lipinski definition) is 6. The van der Waals surface area contributed by atoms with Crippen molar-refractivity contribution < 1.29 is 13.2 Å². The number of benzene rings is 2. The van der Waals surface area contributed by atoms with Gasteiger partial charge in [0.25, 0.3) is 15.9 Å². The van der Waals surface area contributed by atoms with E-state index in [0.717, 1.165) is 10.6 Å². The molecule has 0 radical (unpaired) electrons. The van der Waals surface area contributed by atoms with Crippen molar-refractivity contribution in [1.29, 1.82) is 0 Å². The van der Waals surface area contributed by atoms with Gasteiger partial charge >= 0.3 is 0 Å². The second-order valence-electron chi connectivity index (χ2n) is 6.23. The van der Waals surface area contributed by atoms with Crippen LogP contribution in [-0.4, -0.2) is 19.3 Å². The van der Waals surface area contributed by atoms with Gasteiger partial charge in [0.05, 0.1) is 19.8 Å². The van der Waals surface area contributed by atoms with Crippen LogP contribution in [0.1, 0.15) is 10.4 Å². The summed E-state index contributed by atoms with van der Waals surface area (Å²) in [4.78, 5) is 17.9. The number of thiazole rings is 1. The minimum absolute atomic E-state index is 0.0883. The van der Waals surface area contributed by atoms with Crippen molar-refractivity contribution in [2.75, 3.05) is 10.0 Å². The van der Waals surface area contributed by atoms with Crippen LogP contribution >= 0.6 is 45.9 Å². The van der Waals surface area contributed by atoms with Crippen LogP contribution in [0.3, 0.4) is 0 Å². The number of amides is 1. The van der Waals surface area contributed by atoms with E-state index in [9.17, 15) is 13.2 Å². The van der Waals surface area contributed by atoms with Crippen molar-refractivity contribution in [3.05, 3.63) is 81.0 Å². The molecule has 0 unspecified atom stereocenters. The first-order chi connectivity index (χ1) is 14.8. The molecule has 0 spiro atoms. The van der Waals surface area contributed by atoms with Crippen molar-refractivity contribution in [1.82, 2.24) is 4.98 Å². The summed E-state index contributed by atoms with van der Waals surface area (Å²) >= 11 is 14.5. The summed E-state index contributed by atoms with van der Waals surface area (Å²) in [6.07, 6.45) is 0. The predicted octanol–water partition coefficient (Wildman–Crippen LogP) is 6.23. The van der Waals surface area contributed by atoms with Gasteiger partial charge in [-0.2, -0.15) is 0 Å². The number of halogens is 2. The maximum atomic E-state index is 12.5. The van der Waals surface area contributed by atoms with Gasteiger partial charge in [-0.3, -0.25) is 14.8 Å². The van der Waals surface area contributed by atoms with E-state index in [1.54, 1.807) is 6.07 Å². The quantitative estimate of drug-likeness (QED) is 0.322. The molecular formula is C20H13Cl2N3O3S3. The summed E-state index contributed by atoms with van der Waals surface area (Å²) in [6, 6.07) is 15.6. The van der Waals surface area contributed by atoms with Crippen molar-refractivity contribution in [3.63, 3.8) is 0 Å². The SMILES string of the molecule is O=C(Nc1nc(-c2ccc(Cl)s2)cs1)c1ccc(NS(=O)(=O)c2ccc(Cl)cc2)cc1. The smallest absolute Gasteiger partial charge is 0.261 e. The lowest BCUT2D eigenvalue weighted by atomic mass is 10.2. The maximum Gasteiger partial charge on any atom is 0.261 e. The average Bonchev–Trinajstić information content (AvgIpc) is 3.37. The lowest BCUT2D eigenvalue weighted by Gasteiger charge is -2.09. The van der Waals surface area contributed by atoms with Crippen LogP contribution in [0.4, 0.5) is 10.8 Å². The molecule has 0 atom stereocenters. The van der Waals surface area contributed by atoms with Gasteiger partial charge in [-0.25, -0.2) is 13.4 Å². The van der Waals surface area contributed by atoms with E-state index in [4.69, 9.17) is 23.2 Å². The number of carbonyl (C=O) groups is 1. The van der Waals surface area contributed by atoms with Gasteiger partial charge in [-0.15, -0.1) is 22.7 Å². The van der Waals surface area contributed by atoms with E-state index in [1.807, 2.05) is 11.4 Å². The normalized spacial score (nSPS) is 11.3. The highest BCUT2D eigenvalue weighted by Crippen LogP contribution is 2.33. The molecule has 0 fully saturated rings. The Labute approximate surface area is 196 Å². The number of thiophene rings is 1. The highest BCUT2D eigenvalue weighted by atomic mass is 35.5. The molecule has 0 saturated heterocycles. The highest BCUT2D eigenvalue weighted by Gasteiger charge is 2.15. The molecule has 31 heavy (non-hydrogen) atoms. The van der Waals surface area contributed by atoms with E-state index in [1.165, 1.54) is 71.2 Å². The number of aromatic nitrogens is 1. The largest absolute Gasteiger partial charge is 0.298 e. The molecule has 6 nitrogen and oxygen atoms in total. The zero-order valence-electron chi connectivity index (χ0n) is 15.5. The van der Waals surface area contributed by atoms with Gasteiger partial charge in [0.15, 0.2) is 5.13 Å². The molecule has 0 aliphatic heterocycles. The van der Waals surface area contributed by atoms with Crippen LogP contribution in [0.15, 0.2) is 70.9 Å². The van der Waals surface area contributed by atoms with Gasteiger partial charge in [0.1, 0.15) is 0 Å². The minimum Gasteiger partial charge on any atom is -0.298 e. The van der Waals surface area contributed by atoms with E-state index < -0.39 is 10.0 Å². The summed E-state index contributed by atoms with van der Waals surface area (Å²) in [6.45, 7) is 0. The van der Waals surface area contributed by atoms with Crippen molar-refractivity contribution >= 4 is 72.6 Å². The van der Waals surface area contributed by atoms with Gasteiger partial charge < -0.3 is 0 Å². The Balaban J connectivity index is 1.42. The summed E-state index contributed by atoms with van der Waals surface area (Å²) in [5, 5.41) is 5.48. The third-order valence-corrected chi connectivity index (χ3v) is 7.73. The Bertz CT molecular complexity index is 1330. The molecule has 0 bridgehead atoms. The second kappa shape index (κ2) is 8.97. The zero-order valence-corrected chi connectivity index (χ0v) is 19.5. The van der Waals surface area contributed by atoms with Crippen LogP contribution in [-0.2, 0) is 10.0 Å². The van der Waals surface area contributed by atoms with Crippen LogP contribution in [0.2, 0.25) is 9.36 Å². The van der Waals surface area contributed by atoms with Gasteiger partial charge in [-0.05, 0) is 60.7 Å². The monoisotopic (exact) mass is 509 g/mol. The second-order valence-corrected chi connectivity index (χ2v) is 10.9. The number of carbonyl (C=O) groups excluding carboxylic acids is 1. The van der Waals surface area contributed by atoms with Crippen molar-refractivity contribution in [2.45, 2.75) is 4.90 Å². The van der Waals surface area contributed by atoms with Crippen LogP contribution < -0.4 is 10.0 Å². The Kier molecular flexibility index (Phi) is 6.31. The number of hydrogen-bond donors (Lipinski definition) is 2. The Morgan fingerprint density at radius 2 is 1.65 bits per heavy atom. The molecule has 158 valence electrons. The van der Waals surface area contributed by atoms with E-state index in [0.29, 0.717) is 25.7 Å². The Morgan fingerprint density at radius 1 is 0.935 bits per heavy atom.